The Bertz CT molecular complexity index is 816. The number of aromatic nitrogens is 3. The van der Waals surface area contributed by atoms with Gasteiger partial charge in [-0.05, 0) is 38.5 Å². The van der Waals surface area contributed by atoms with Crippen molar-refractivity contribution in [3.63, 3.8) is 0 Å². The normalized spacial score (nSPS) is 12.6. The molecule has 0 aliphatic heterocycles. The minimum absolute atomic E-state index is 0.123. The molecule has 0 bridgehead atoms. The Labute approximate surface area is 122 Å². The number of hydrogen-bond donors (Lipinski definition) is 0. The van der Waals surface area contributed by atoms with Crippen LogP contribution in [-0.4, -0.2) is 22.8 Å². The summed E-state index contributed by atoms with van der Waals surface area (Å²) in [4.78, 5) is 11.8. The average Bonchev–Trinajstić information content (AvgIpc) is 2.70. The molecule has 0 aliphatic carbocycles. The van der Waals surface area contributed by atoms with E-state index in [2.05, 4.69) is 5.10 Å². The molecule has 2 aromatic rings. The first-order valence-electron chi connectivity index (χ1n) is 6.27. The predicted octanol–water partition coefficient (Wildman–Crippen LogP) is 1.51. The quantitative estimate of drug-likeness (QED) is 0.805. The molecular formula is C13H16FN3O3S. The van der Waals surface area contributed by atoms with Crippen molar-refractivity contribution in [2.75, 3.05) is 0 Å². The Morgan fingerprint density at radius 1 is 1.29 bits per heavy atom. The van der Waals surface area contributed by atoms with E-state index in [1.807, 2.05) is 20.8 Å². The molecule has 0 radical (unpaired) electrons. The van der Waals surface area contributed by atoms with Gasteiger partial charge in [0.1, 0.15) is 6.33 Å². The summed E-state index contributed by atoms with van der Waals surface area (Å²) in [5.41, 5.74) is -0.257. The van der Waals surface area contributed by atoms with Crippen molar-refractivity contribution in [3.05, 3.63) is 46.6 Å². The van der Waals surface area contributed by atoms with Crippen LogP contribution in [0.3, 0.4) is 0 Å². The summed E-state index contributed by atoms with van der Waals surface area (Å²) in [6.45, 7) is 5.67. The van der Waals surface area contributed by atoms with E-state index in [9.17, 15) is 17.1 Å². The summed E-state index contributed by atoms with van der Waals surface area (Å²) in [6.07, 6.45) is 1.38. The van der Waals surface area contributed by atoms with Crippen LogP contribution in [0, 0.1) is 0 Å². The molecule has 1 aromatic heterocycles. The molecule has 0 saturated heterocycles. The van der Waals surface area contributed by atoms with E-state index in [-0.39, 0.29) is 12.2 Å². The van der Waals surface area contributed by atoms with Gasteiger partial charge in [-0.2, -0.15) is 13.5 Å². The van der Waals surface area contributed by atoms with Gasteiger partial charge in [-0.15, -0.1) is 3.89 Å². The number of halogens is 1. The van der Waals surface area contributed by atoms with Gasteiger partial charge < -0.3 is 0 Å². The minimum Gasteiger partial charge on any atom is -0.277 e. The van der Waals surface area contributed by atoms with Crippen molar-refractivity contribution in [1.82, 2.24) is 14.3 Å². The van der Waals surface area contributed by atoms with Gasteiger partial charge in [0.25, 0.3) is 0 Å². The first-order valence-corrected chi connectivity index (χ1v) is 7.66. The lowest BCUT2D eigenvalue weighted by Crippen LogP contribution is -2.35. The van der Waals surface area contributed by atoms with Crippen molar-refractivity contribution in [1.29, 1.82) is 0 Å². The van der Waals surface area contributed by atoms with Gasteiger partial charge in [0, 0.05) is 0 Å². The van der Waals surface area contributed by atoms with Crippen LogP contribution in [0.2, 0.25) is 0 Å². The van der Waals surface area contributed by atoms with Crippen LogP contribution in [-0.2, 0) is 22.3 Å². The van der Waals surface area contributed by atoms with E-state index < -0.39 is 20.7 Å². The SMILES string of the molecule is CC(C)(C)n1ncn(Cc2cccc(S(=O)(=O)F)c2)c1=O. The Hall–Kier alpha value is -1.96. The topological polar surface area (TPSA) is 74.0 Å². The number of nitrogens with zero attached hydrogens (tertiary/aromatic N) is 3. The summed E-state index contributed by atoms with van der Waals surface area (Å²) in [5, 5.41) is 4.03. The molecule has 0 fully saturated rings. The Morgan fingerprint density at radius 3 is 2.48 bits per heavy atom. The van der Waals surface area contributed by atoms with Gasteiger partial charge in [-0.1, -0.05) is 12.1 Å². The third kappa shape index (κ3) is 3.38. The molecule has 21 heavy (non-hydrogen) atoms. The maximum absolute atomic E-state index is 13.0. The third-order valence-electron chi connectivity index (χ3n) is 2.90. The van der Waals surface area contributed by atoms with Crippen molar-refractivity contribution in [3.8, 4) is 0 Å². The third-order valence-corrected chi connectivity index (χ3v) is 3.72. The summed E-state index contributed by atoms with van der Waals surface area (Å²) in [7, 11) is -4.75. The molecular weight excluding hydrogens is 297 g/mol. The Kier molecular flexibility index (Phi) is 3.75. The number of rotatable bonds is 3. The van der Waals surface area contributed by atoms with E-state index in [1.165, 1.54) is 33.8 Å². The Balaban J connectivity index is 2.36. The summed E-state index contributed by atoms with van der Waals surface area (Å²) >= 11 is 0. The van der Waals surface area contributed by atoms with Crippen LogP contribution in [0.1, 0.15) is 26.3 Å². The van der Waals surface area contributed by atoms with E-state index in [0.717, 1.165) is 0 Å². The van der Waals surface area contributed by atoms with E-state index in [0.29, 0.717) is 5.56 Å². The van der Waals surface area contributed by atoms with Gasteiger partial charge in [0.05, 0.1) is 17.0 Å². The molecule has 114 valence electrons. The molecule has 0 unspecified atom stereocenters. The highest BCUT2D eigenvalue weighted by Crippen LogP contribution is 2.15. The molecule has 0 amide bonds. The van der Waals surface area contributed by atoms with Crippen LogP contribution < -0.4 is 5.69 Å². The average molecular weight is 313 g/mol. The van der Waals surface area contributed by atoms with Gasteiger partial charge in [0.2, 0.25) is 0 Å². The van der Waals surface area contributed by atoms with Crippen molar-refractivity contribution in [2.45, 2.75) is 37.8 Å². The van der Waals surface area contributed by atoms with Crippen molar-refractivity contribution >= 4 is 10.2 Å². The highest BCUT2D eigenvalue weighted by molar-refractivity contribution is 7.86. The second kappa shape index (κ2) is 5.10. The Morgan fingerprint density at radius 2 is 1.95 bits per heavy atom. The predicted molar refractivity (Wildman–Crippen MR) is 75.3 cm³/mol. The number of benzene rings is 1. The van der Waals surface area contributed by atoms with Crippen LogP contribution in [0.5, 0.6) is 0 Å². The minimum atomic E-state index is -4.75. The smallest absolute Gasteiger partial charge is 0.277 e. The lowest BCUT2D eigenvalue weighted by atomic mass is 10.1. The first kappa shape index (κ1) is 15.4. The molecule has 0 saturated carbocycles. The maximum Gasteiger partial charge on any atom is 0.346 e. The largest absolute Gasteiger partial charge is 0.346 e. The molecule has 0 atom stereocenters. The van der Waals surface area contributed by atoms with E-state index in [1.54, 1.807) is 6.07 Å². The highest BCUT2D eigenvalue weighted by Gasteiger charge is 2.19. The fourth-order valence-corrected chi connectivity index (χ4v) is 2.43. The monoisotopic (exact) mass is 313 g/mol. The molecule has 1 heterocycles. The van der Waals surface area contributed by atoms with Crippen LogP contribution in [0.4, 0.5) is 3.89 Å². The van der Waals surface area contributed by atoms with Crippen LogP contribution >= 0.6 is 0 Å². The molecule has 1 aromatic carbocycles. The second-order valence-electron chi connectivity index (χ2n) is 5.71. The lowest BCUT2D eigenvalue weighted by molar-refractivity contribution is 0.341. The zero-order chi connectivity index (χ0) is 15.8. The maximum atomic E-state index is 13.0. The molecule has 0 N–H and O–H groups in total. The standard InChI is InChI=1S/C13H16FN3O3S/c1-13(2,3)17-12(18)16(9-15-17)8-10-5-4-6-11(7-10)21(14,19)20/h4-7,9H,8H2,1-3H3. The highest BCUT2D eigenvalue weighted by atomic mass is 32.3. The van der Waals surface area contributed by atoms with E-state index >= 15 is 0 Å². The van der Waals surface area contributed by atoms with Gasteiger partial charge >= 0.3 is 15.9 Å². The van der Waals surface area contributed by atoms with Crippen LogP contribution in [0.25, 0.3) is 0 Å². The fourth-order valence-electron chi connectivity index (χ4n) is 1.90. The fraction of sp³-hybridized carbons (Fsp3) is 0.385. The molecule has 6 nitrogen and oxygen atoms in total. The van der Waals surface area contributed by atoms with E-state index in [4.69, 9.17) is 0 Å². The van der Waals surface area contributed by atoms with Gasteiger partial charge in [-0.3, -0.25) is 4.57 Å². The zero-order valence-electron chi connectivity index (χ0n) is 11.9. The zero-order valence-corrected chi connectivity index (χ0v) is 12.8. The summed E-state index contributed by atoms with van der Waals surface area (Å²) < 4.78 is 37.4. The van der Waals surface area contributed by atoms with Crippen molar-refractivity contribution in [2.24, 2.45) is 0 Å². The summed E-state index contributed by atoms with van der Waals surface area (Å²) in [6, 6.07) is 5.42. The van der Waals surface area contributed by atoms with Crippen molar-refractivity contribution < 1.29 is 12.3 Å². The molecule has 0 spiro atoms. The van der Waals surface area contributed by atoms with Gasteiger partial charge in [-0.25, -0.2) is 9.48 Å². The van der Waals surface area contributed by atoms with Gasteiger partial charge in [0.15, 0.2) is 0 Å². The molecule has 8 heteroatoms. The first-order chi connectivity index (χ1) is 9.59. The molecule has 2 rings (SSSR count). The summed E-state index contributed by atoms with van der Waals surface area (Å²) in [5.74, 6) is 0. The number of hydrogen-bond acceptors (Lipinski definition) is 4. The lowest BCUT2D eigenvalue weighted by Gasteiger charge is -2.16. The van der Waals surface area contributed by atoms with Crippen LogP contribution in [0.15, 0.2) is 40.3 Å². The second-order valence-corrected chi connectivity index (χ2v) is 7.06. The molecule has 0 aliphatic rings.